The van der Waals surface area contributed by atoms with Gasteiger partial charge in [-0.1, -0.05) is 5.21 Å². The molecule has 0 bridgehead atoms. The van der Waals surface area contributed by atoms with E-state index in [1.54, 1.807) is 0 Å². The van der Waals surface area contributed by atoms with Crippen molar-refractivity contribution in [3.63, 3.8) is 0 Å². The Morgan fingerprint density at radius 3 is 2.81 bits per heavy atom. The van der Waals surface area contributed by atoms with Gasteiger partial charge in [-0.2, -0.15) is 5.21 Å². The van der Waals surface area contributed by atoms with E-state index in [9.17, 15) is 4.79 Å². The zero-order valence-corrected chi connectivity index (χ0v) is 9.34. The molecule has 2 amide bonds. The maximum atomic E-state index is 11.4. The highest BCUT2D eigenvalue weighted by Crippen LogP contribution is 1.86. The van der Waals surface area contributed by atoms with Crippen LogP contribution in [0, 0.1) is 0 Å². The molecule has 1 aromatic rings. The lowest BCUT2D eigenvalue weighted by Crippen LogP contribution is -2.47. The molecule has 0 aliphatic carbocycles. The molecule has 0 atom stereocenters. The molecule has 90 valence electrons. The molecule has 0 saturated heterocycles. The minimum absolute atomic E-state index is 0.199. The Bertz CT molecular complexity index is 310. The molecule has 1 heterocycles. The van der Waals surface area contributed by atoms with E-state index in [2.05, 4.69) is 25.9 Å². The first-order valence-electron chi connectivity index (χ1n) is 4.76. The summed E-state index contributed by atoms with van der Waals surface area (Å²) in [6, 6.07) is -0.369. The maximum Gasteiger partial charge on any atom is 0.331 e. The molecular weight excluding hydrogens is 212 g/mol. The number of aromatic nitrogens is 4. The number of hydrogen-bond donors (Lipinski definition) is 3. The van der Waals surface area contributed by atoms with Crippen LogP contribution < -0.4 is 11.2 Å². The van der Waals surface area contributed by atoms with Crippen molar-refractivity contribution in [3.8, 4) is 0 Å². The van der Waals surface area contributed by atoms with Crippen molar-refractivity contribution < 1.29 is 4.79 Å². The molecule has 0 saturated carbocycles. The summed E-state index contributed by atoms with van der Waals surface area (Å²) in [5.74, 6) is 5.95. The maximum absolute atomic E-state index is 11.4. The third-order valence-electron chi connectivity index (χ3n) is 1.84. The van der Waals surface area contributed by atoms with Crippen LogP contribution in [0.2, 0.25) is 0 Å². The zero-order valence-electron chi connectivity index (χ0n) is 9.34. The van der Waals surface area contributed by atoms with Gasteiger partial charge in [0.15, 0.2) is 5.82 Å². The van der Waals surface area contributed by atoms with Crippen molar-refractivity contribution in [2.75, 3.05) is 27.2 Å². The number of hydrogen-bond acceptors (Lipinski definition) is 6. The van der Waals surface area contributed by atoms with Gasteiger partial charge in [-0.15, -0.1) is 10.2 Å². The summed E-state index contributed by atoms with van der Waals surface area (Å²) in [6.07, 6.45) is 0. The van der Waals surface area contributed by atoms with Gasteiger partial charge in [-0.25, -0.2) is 10.6 Å². The highest BCUT2D eigenvalue weighted by Gasteiger charge is 2.09. The second kappa shape index (κ2) is 5.98. The van der Waals surface area contributed by atoms with Crippen LogP contribution in [-0.2, 0) is 6.54 Å². The molecule has 1 rings (SSSR count). The Hall–Kier alpha value is -1.74. The van der Waals surface area contributed by atoms with Crippen molar-refractivity contribution in [3.05, 3.63) is 5.82 Å². The van der Waals surface area contributed by atoms with E-state index < -0.39 is 0 Å². The fraction of sp³-hybridized carbons (Fsp3) is 0.714. The van der Waals surface area contributed by atoms with Crippen LogP contribution in [0.3, 0.4) is 0 Å². The predicted molar refractivity (Wildman–Crippen MR) is 55.9 cm³/mol. The van der Waals surface area contributed by atoms with Gasteiger partial charge in [-0.05, 0) is 14.1 Å². The van der Waals surface area contributed by atoms with Crippen LogP contribution in [-0.4, -0.2) is 63.7 Å². The predicted octanol–water partition coefficient (Wildman–Crippen LogP) is -1.85. The van der Waals surface area contributed by atoms with Gasteiger partial charge in [0, 0.05) is 6.54 Å². The number of tetrazole rings is 1. The SMILES string of the molecule is CN(C)CCN(N)C(=O)NCc1nn[nH]n1. The summed E-state index contributed by atoms with van der Waals surface area (Å²) < 4.78 is 0. The molecule has 0 aromatic carbocycles. The monoisotopic (exact) mass is 228 g/mol. The normalized spacial score (nSPS) is 10.5. The van der Waals surface area contributed by atoms with Crippen LogP contribution in [0.25, 0.3) is 0 Å². The van der Waals surface area contributed by atoms with Crippen molar-refractivity contribution in [1.82, 2.24) is 35.8 Å². The van der Waals surface area contributed by atoms with E-state index in [-0.39, 0.29) is 12.6 Å². The summed E-state index contributed by atoms with van der Waals surface area (Å²) in [7, 11) is 3.82. The van der Waals surface area contributed by atoms with Crippen molar-refractivity contribution in [2.24, 2.45) is 5.84 Å². The van der Waals surface area contributed by atoms with Gasteiger partial charge in [0.05, 0.1) is 13.1 Å². The number of nitrogens with zero attached hydrogens (tertiary/aromatic N) is 5. The number of amides is 2. The van der Waals surface area contributed by atoms with Gasteiger partial charge < -0.3 is 10.2 Å². The molecule has 0 radical (unpaired) electrons. The van der Waals surface area contributed by atoms with Crippen molar-refractivity contribution >= 4 is 6.03 Å². The second-order valence-corrected chi connectivity index (χ2v) is 3.48. The standard InChI is InChI=1S/C7H16N8O/c1-14(2)3-4-15(8)7(16)9-5-6-10-12-13-11-6/h3-5,8H2,1-2H3,(H,9,16)(H,10,11,12,13). The number of H-pyrrole nitrogens is 1. The van der Waals surface area contributed by atoms with Gasteiger partial charge in [0.25, 0.3) is 0 Å². The minimum atomic E-state index is -0.369. The summed E-state index contributed by atoms with van der Waals surface area (Å²) in [5.41, 5.74) is 0. The van der Waals surface area contributed by atoms with Crippen LogP contribution in [0.4, 0.5) is 4.79 Å². The number of nitrogens with two attached hydrogens (primary N) is 1. The largest absolute Gasteiger partial charge is 0.331 e. The molecular formula is C7H16N8O. The van der Waals surface area contributed by atoms with Gasteiger partial charge in [0.1, 0.15) is 0 Å². The average molecular weight is 228 g/mol. The molecule has 9 heteroatoms. The second-order valence-electron chi connectivity index (χ2n) is 3.48. The molecule has 0 aliphatic heterocycles. The molecule has 9 nitrogen and oxygen atoms in total. The highest BCUT2D eigenvalue weighted by molar-refractivity contribution is 5.73. The summed E-state index contributed by atoms with van der Waals surface area (Å²) >= 11 is 0. The van der Waals surface area contributed by atoms with Crippen LogP contribution >= 0.6 is 0 Å². The summed E-state index contributed by atoms with van der Waals surface area (Å²) in [6.45, 7) is 1.35. The first-order valence-corrected chi connectivity index (χ1v) is 4.76. The van der Waals surface area contributed by atoms with E-state index in [1.807, 2.05) is 19.0 Å². The quantitative estimate of drug-likeness (QED) is 0.309. The van der Waals surface area contributed by atoms with Gasteiger partial charge in [-0.3, -0.25) is 5.01 Å². The van der Waals surface area contributed by atoms with Gasteiger partial charge in [0.2, 0.25) is 0 Å². The van der Waals surface area contributed by atoms with E-state index in [0.29, 0.717) is 18.9 Å². The Balaban J connectivity index is 2.23. The Labute approximate surface area is 92.9 Å². The molecule has 0 fully saturated rings. The van der Waals surface area contributed by atoms with Crippen LogP contribution in [0.15, 0.2) is 0 Å². The number of carbonyl (C=O) groups is 1. The summed E-state index contributed by atoms with van der Waals surface area (Å²) in [5, 5.41) is 16.7. The average Bonchev–Trinajstić information content (AvgIpc) is 2.75. The van der Waals surface area contributed by atoms with E-state index in [1.165, 1.54) is 0 Å². The van der Waals surface area contributed by atoms with Gasteiger partial charge >= 0.3 is 6.03 Å². The lowest BCUT2D eigenvalue weighted by Gasteiger charge is -2.19. The topological polar surface area (TPSA) is 116 Å². The third-order valence-corrected chi connectivity index (χ3v) is 1.84. The lowest BCUT2D eigenvalue weighted by atomic mass is 10.5. The highest BCUT2D eigenvalue weighted by atomic mass is 16.2. The molecule has 4 N–H and O–H groups in total. The number of nitrogens with one attached hydrogen (secondary N) is 2. The molecule has 16 heavy (non-hydrogen) atoms. The Morgan fingerprint density at radius 1 is 1.50 bits per heavy atom. The van der Waals surface area contributed by atoms with Crippen LogP contribution in [0.1, 0.15) is 5.82 Å². The number of carbonyl (C=O) groups excluding carboxylic acids is 1. The molecule has 0 unspecified atom stereocenters. The number of likely N-dealkylation sites (N-methyl/N-ethyl adjacent to an activating group) is 1. The third kappa shape index (κ3) is 4.19. The van der Waals surface area contributed by atoms with Crippen LogP contribution in [0.5, 0.6) is 0 Å². The van der Waals surface area contributed by atoms with Crippen molar-refractivity contribution in [1.29, 1.82) is 0 Å². The first kappa shape index (κ1) is 12.3. The zero-order chi connectivity index (χ0) is 12.0. The fourth-order valence-corrected chi connectivity index (χ4v) is 0.923. The number of aromatic amines is 1. The number of urea groups is 1. The Morgan fingerprint density at radius 2 is 2.25 bits per heavy atom. The van der Waals surface area contributed by atoms with E-state index in [0.717, 1.165) is 5.01 Å². The van der Waals surface area contributed by atoms with Crippen molar-refractivity contribution in [2.45, 2.75) is 6.54 Å². The van der Waals surface area contributed by atoms with E-state index >= 15 is 0 Å². The Kier molecular flexibility index (Phi) is 4.61. The molecule has 1 aromatic heterocycles. The lowest BCUT2D eigenvalue weighted by molar-refractivity contribution is 0.192. The molecule has 0 spiro atoms. The number of hydrazine groups is 1. The minimum Gasteiger partial charge on any atom is -0.329 e. The molecule has 0 aliphatic rings. The number of rotatable bonds is 5. The van der Waals surface area contributed by atoms with E-state index in [4.69, 9.17) is 5.84 Å². The first-order chi connectivity index (χ1) is 7.59. The smallest absolute Gasteiger partial charge is 0.329 e. The summed E-state index contributed by atoms with van der Waals surface area (Å²) in [4.78, 5) is 13.4. The fourth-order valence-electron chi connectivity index (χ4n) is 0.923.